The fraction of sp³-hybridized carbons (Fsp3) is 0.562. The molecule has 2 rings (SSSR count). The first-order valence-corrected chi connectivity index (χ1v) is 8.21. The quantitative estimate of drug-likeness (QED) is 0.820. The molecule has 0 spiro atoms. The first-order chi connectivity index (χ1) is 9.97. The third-order valence-electron chi connectivity index (χ3n) is 4.06. The van der Waals surface area contributed by atoms with Gasteiger partial charge in [-0.3, -0.25) is 4.79 Å². The average molecular weight is 356 g/mol. The normalized spacial score (nSPS) is 16.7. The lowest BCUT2D eigenvalue weighted by molar-refractivity contribution is -0.954. The van der Waals surface area contributed by atoms with Crippen LogP contribution in [-0.4, -0.2) is 44.3 Å². The molecule has 0 aliphatic carbocycles. The molecule has 0 unspecified atom stereocenters. The Morgan fingerprint density at radius 3 is 2.52 bits per heavy atom. The van der Waals surface area contributed by atoms with E-state index in [1.165, 1.54) is 4.90 Å². The van der Waals surface area contributed by atoms with E-state index >= 15 is 0 Å². The number of carbonyl (C=O) groups is 1. The summed E-state index contributed by atoms with van der Waals surface area (Å²) in [6.07, 6.45) is 0.432. The van der Waals surface area contributed by atoms with Crippen LogP contribution in [0.2, 0.25) is 0 Å². The van der Waals surface area contributed by atoms with Gasteiger partial charge >= 0.3 is 0 Å². The molecule has 1 heterocycles. The topological polar surface area (TPSA) is 42.8 Å². The molecule has 0 saturated carbocycles. The Bertz CT molecular complexity index is 468. The molecule has 0 aromatic heterocycles. The molecule has 1 aliphatic heterocycles. The van der Waals surface area contributed by atoms with Gasteiger partial charge in [-0.1, -0.05) is 28.1 Å². The monoisotopic (exact) mass is 355 g/mol. The lowest BCUT2D eigenvalue weighted by Gasteiger charge is -2.37. The van der Waals surface area contributed by atoms with Crippen molar-refractivity contribution < 1.29 is 14.4 Å². The van der Waals surface area contributed by atoms with Gasteiger partial charge in [0.05, 0.1) is 26.2 Å². The van der Waals surface area contributed by atoms with Crippen molar-refractivity contribution in [3.63, 3.8) is 0 Å². The molecule has 1 fully saturated rings. The zero-order valence-corrected chi connectivity index (χ0v) is 14.3. The number of halogens is 1. The number of hydrogen-bond donors (Lipinski definition) is 2. The van der Waals surface area contributed by atoms with Gasteiger partial charge in [0.25, 0.3) is 0 Å². The van der Waals surface area contributed by atoms with Crippen LogP contribution < -0.4 is 10.2 Å². The van der Waals surface area contributed by atoms with E-state index < -0.39 is 0 Å². The number of quaternary nitrogens is 1. The van der Waals surface area contributed by atoms with Gasteiger partial charge in [-0.15, -0.1) is 0 Å². The molecule has 2 N–H and O–H groups in total. The number of hydrogen-bond acceptors (Lipinski definition) is 2. The first kappa shape index (κ1) is 16.5. The molecule has 4 nitrogen and oxygen atoms in total. The van der Waals surface area contributed by atoms with E-state index in [2.05, 4.69) is 35.1 Å². The summed E-state index contributed by atoms with van der Waals surface area (Å²) in [4.78, 5) is 13.6. The van der Waals surface area contributed by atoms with Gasteiger partial charge in [0.2, 0.25) is 5.91 Å². The number of morpholine rings is 1. The lowest BCUT2D eigenvalue weighted by atomic mass is 10.0. The van der Waals surface area contributed by atoms with E-state index in [0.29, 0.717) is 13.0 Å². The standard InChI is InChI=1S/C16H23BrN2O2/c1-16(2,19-7-9-21-10-8-19)12-18-15(20)11-13-3-5-14(17)6-4-13/h3-6H,7-12H2,1-2H3,(H,18,20)/p+1. The van der Waals surface area contributed by atoms with Crippen molar-refractivity contribution in [2.45, 2.75) is 25.8 Å². The summed E-state index contributed by atoms with van der Waals surface area (Å²) in [5.41, 5.74) is 1.08. The minimum absolute atomic E-state index is 0.0408. The van der Waals surface area contributed by atoms with E-state index in [1.54, 1.807) is 0 Å². The summed E-state index contributed by atoms with van der Waals surface area (Å²) < 4.78 is 6.43. The van der Waals surface area contributed by atoms with Crippen molar-refractivity contribution in [1.82, 2.24) is 5.32 Å². The SMILES string of the molecule is CC(C)(CNC(=O)Cc1ccc(Br)cc1)[NH+]1CCOCC1. The third-order valence-corrected chi connectivity index (χ3v) is 4.59. The molecule has 0 atom stereocenters. The predicted molar refractivity (Wildman–Crippen MR) is 86.5 cm³/mol. The van der Waals surface area contributed by atoms with Crippen LogP contribution >= 0.6 is 15.9 Å². The average Bonchev–Trinajstić information content (AvgIpc) is 2.49. The van der Waals surface area contributed by atoms with Gasteiger partial charge in [0, 0.05) is 4.47 Å². The van der Waals surface area contributed by atoms with E-state index in [4.69, 9.17) is 4.74 Å². The fourth-order valence-corrected chi connectivity index (χ4v) is 2.85. The van der Waals surface area contributed by atoms with Crippen molar-refractivity contribution in [2.24, 2.45) is 0 Å². The number of nitrogens with one attached hydrogen (secondary N) is 2. The van der Waals surface area contributed by atoms with Crippen LogP contribution in [0.15, 0.2) is 28.7 Å². The zero-order valence-electron chi connectivity index (χ0n) is 12.7. The number of amides is 1. The van der Waals surface area contributed by atoms with Gasteiger partial charge in [-0.05, 0) is 31.5 Å². The fourth-order valence-electron chi connectivity index (χ4n) is 2.59. The van der Waals surface area contributed by atoms with Crippen molar-refractivity contribution in [1.29, 1.82) is 0 Å². The van der Waals surface area contributed by atoms with E-state index in [9.17, 15) is 4.79 Å². The Labute approximate surface area is 135 Å². The molecule has 1 aromatic carbocycles. The first-order valence-electron chi connectivity index (χ1n) is 7.41. The summed E-state index contributed by atoms with van der Waals surface area (Å²) in [5.74, 6) is 0.0815. The second-order valence-corrected chi connectivity index (χ2v) is 7.10. The van der Waals surface area contributed by atoms with E-state index in [-0.39, 0.29) is 11.4 Å². The van der Waals surface area contributed by atoms with Gasteiger partial charge < -0.3 is 15.0 Å². The zero-order chi connectivity index (χ0) is 15.3. The summed E-state index contributed by atoms with van der Waals surface area (Å²) >= 11 is 3.40. The molecule has 1 aromatic rings. The predicted octanol–water partition coefficient (Wildman–Crippen LogP) is 0.801. The Hall–Kier alpha value is -0.910. The van der Waals surface area contributed by atoms with Crippen LogP contribution in [0.25, 0.3) is 0 Å². The van der Waals surface area contributed by atoms with E-state index in [0.717, 1.165) is 36.3 Å². The van der Waals surface area contributed by atoms with Crippen LogP contribution in [0.1, 0.15) is 19.4 Å². The van der Waals surface area contributed by atoms with Crippen LogP contribution in [0.5, 0.6) is 0 Å². The lowest BCUT2D eigenvalue weighted by Crippen LogP contribution is -3.22. The van der Waals surface area contributed by atoms with Crippen molar-refractivity contribution in [3.8, 4) is 0 Å². The Kier molecular flexibility index (Phi) is 5.79. The maximum absolute atomic E-state index is 12.1. The molecule has 116 valence electrons. The summed E-state index contributed by atoms with van der Waals surface area (Å²) in [7, 11) is 0. The number of carbonyl (C=O) groups excluding carboxylic acids is 1. The molecule has 21 heavy (non-hydrogen) atoms. The van der Waals surface area contributed by atoms with Crippen molar-refractivity contribution in [3.05, 3.63) is 34.3 Å². The second kappa shape index (κ2) is 7.38. The highest BCUT2D eigenvalue weighted by atomic mass is 79.9. The molecule has 1 saturated heterocycles. The molecule has 1 aliphatic rings. The number of benzene rings is 1. The molecular weight excluding hydrogens is 332 g/mol. The van der Waals surface area contributed by atoms with Gasteiger partial charge in [0.1, 0.15) is 18.6 Å². The summed E-state index contributed by atoms with van der Waals surface area (Å²) in [6, 6.07) is 7.87. The second-order valence-electron chi connectivity index (χ2n) is 6.18. The molecular formula is C16H24BrN2O2+. The van der Waals surface area contributed by atoms with Crippen molar-refractivity contribution >= 4 is 21.8 Å². The van der Waals surface area contributed by atoms with Crippen LogP contribution in [0.3, 0.4) is 0 Å². The summed E-state index contributed by atoms with van der Waals surface area (Å²) in [5, 5.41) is 3.07. The van der Waals surface area contributed by atoms with Crippen LogP contribution in [0.4, 0.5) is 0 Å². The maximum Gasteiger partial charge on any atom is 0.224 e. The Morgan fingerprint density at radius 2 is 1.90 bits per heavy atom. The maximum atomic E-state index is 12.1. The number of ether oxygens (including phenoxy) is 1. The highest BCUT2D eigenvalue weighted by Gasteiger charge is 2.32. The van der Waals surface area contributed by atoms with Crippen LogP contribution in [-0.2, 0) is 16.0 Å². The number of rotatable bonds is 5. The minimum atomic E-state index is 0.0408. The third kappa shape index (κ3) is 5.09. The highest BCUT2D eigenvalue weighted by molar-refractivity contribution is 9.10. The molecule has 1 amide bonds. The van der Waals surface area contributed by atoms with Crippen molar-refractivity contribution in [2.75, 3.05) is 32.8 Å². The van der Waals surface area contributed by atoms with Crippen LogP contribution in [0, 0.1) is 0 Å². The summed E-state index contributed by atoms with van der Waals surface area (Å²) in [6.45, 7) is 8.74. The minimum Gasteiger partial charge on any atom is -0.370 e. The van der Waals surface area contributed by atoms with E-state index in [1.807, 2.05) is 24.3 Å². The van der Waals surface area contributed by atoms with Gasteiger partial charge in [-0.2, -0.15) is 0 Å². The molecule has 0 radical (unpaired) electrons. The Balaban J connectivity index is 1.81. The van der Waals surface area contributed by atoms with Gasteiger partial charge in [-0.25, -0.2) is 0 Å². The highest BCUT2D eigenvalue weighted by Crippen LogP contribution is 2.10. The van der Waals surface area contributed by atoms with Gasteiger partial charge in [0.15, 0.2) is 0 Å². The molecule has 0 bridgehead atoms. The largest absolute Gasteiger partial charge is 0.370 e. The smallest absolute Gasteiger partial charge is 0.224 e. The molecule has 5 heteroatoms. The Morgan fingerprint density at radius 1 is 1.29 bits per heavy atom.